The van der Waals surface area contributed by atoms with Crippen LogP contribution in [0.3, 0.4) is 0 Å². The lowest BCUT2D eigenvalue weighted by molar-refractivity contribution is -0.115. The topological polar surface area (TPSA) is 72.2 Å². The molecule has 0 saturated heterocycles. The van der Waals surface area contributed by atoms with Crippen molar-refractivity contribution >= 4 is 33.2 Å². The Morgan fingerprint density at radius 3 is 2.77 bits per heavy atom. The summed E-state index contributed by atoms with van der Waals surface area (Å²) >= 11 is 3.39. The zero-order chi connectivity index (χ0) is 17.9. The Hall–Kier alpha value is -3.06. The molecule has 26 heavy (non-hydrogen) atoms. The van der Waals surface area contributed by atoms with Gasteiger partial charge in [-0.1, -0.05) is 40.2 Å². The van der Waals surface area contributed by atoms with Crippen LogP contribution in [0.15, 0.2) is 71.5 Å². The first-order valence-electron chi connectivity index (χ1n) is 7.99. The molecule has 0 fully saturated rings. The molecule has 0 saturated carbocycles. The fraction of sp³-hybridized carbons (Fsp3) is 0.0526. The molecule has 2 aromatic carbocycles. The summed E-state index contributed by atoms with van der Waals surface area (Å²) in [6.07, 6.45) is 1.88. The maximum Gasteiger partial charge on any atom is 0.228 e. The van der Waals surface area contributed by atoms with Crippen LogP contribution in [0.5, 0.6) is 0 Å². The van der Waals surface area contributed by atoms with Gasteiger partial charge in [0.15, 0.2) is 5.65 Å². The number of nitrogens with one attached hydrogen (secondary N) is 1. The van der Waals surface area contributed by atoms with E-state index in [0.717, 1.165) is 27.0 Å². The third-order valence-electron chi connectivity index (χ3n) is 3.88. The lowest BCUT2D eigenvalue weighted by Gasteiger charge is -2.08. The first-order valence-corrected chi connectivity index (χ1v) is 8.78. The number of nitrogens with zero attached hydrogens (tertiary/aromatic N) is 4. The minimum Gasteiger partial charge on any atom is -0.326 e. The fourth-order valence-corrected chi connectivity index (χ4v) is 2.90. The van der Waals surface area contributed by atoms with E-state index in [1.807, 2.05) is 60.7 Å². The molecule has 7 heteroatoms. The highest BCUT2D eigenvalue weighted by Crippen LogP contribution is 2.21. The summed E-state index contributed by atoms with van der Waals surface area (Å²) in [4.78, 5) is 12.3. The summed E-state index contributed by atoms with van der Waals surface area (Å²) in [7, 11) is 0. The molecule has 128 valence electrons. The van der Waals surface area contributed by atoms with Crippen molar-refractivity contribution in [2.75, 3.05) is 5.32 Å². The van der Waals surface area contributed by atoms with E-state index in [1.54, 1.807) is 10.8 Å². The first kappa shape index (κ1) is 16.4. The monoisotopic (exact) mass is 407 g/mol. The van der Waals surface area contributed by atoms with Gasteiger partial charge in [-0.25, -0.2) is 0 Å². The molecule has 1 N–H and O–H groups in total. The molecule has 0 aliphatic carbocycles. The average molecular weight is 408 g/mol. The first-order chi connectivity index (χ1) is 12.7. The maximum atomic E-state index is 12.3. The van der Waals surface area contributed by atoms with E-state index in [9.17, 15) is 4.79 Å². The number of hydrogen-bond donors (Lipinski definition) is 1. The molecule has 4 rings (SSSR count). The highest BCUT2D eigenvalue weighted by molar-refractivity contribution is 9.10. The van der Waals surface area contributed by atoms with E-state index in [2.05, 4.69) is 36.5 Å². The molecular formula is C19H14BrN5O. The molecule has 2 heterocycles. The van der Waals surface area contributed by atoms with Crippen molar-refractivity contribution < 1.29 is 4.79 Å². The van der Waals surface area contributed by atoms with Crippen LogP contribution in [0.1, 0.15) is 5.56 Å². The number of carbonyl (C=O) groups is 1. The van der Waals surface area contributed by atoms with Crippen molar-refractivity contribution in [1.29, 1.82) is 0 Å². The summed E-state index contributed by atoms with van der Waals surface area (Å²) in [6.45, 7) is 0. The Kier molecular flexibility index (Phi) is 4.45. The Bertz CT molecular complexity index is 1070. The van der Waals surface area contributed by atoms with Gasteiger partial charge in [0, 0.05) is 15.7 Å². The molecule has 0 aliphatic heterocycles. The Morgan fingerprint density at radius 2 is 1.92 bits per heavy atom. The SMILES string of the molecule is O=C(Cc1ccc(Br)cc1)Nc1cccc(-c2ccc3nncn3n2)c1. The Labute approximate surface area is 158 Å². The normalized spacial score (nSPS) is 10.8. The number of halogens is 1. The maximum absolute atomic E-state index is 12.3. The van der Waals surface area contributed by atoms with E-state index >= 15 is 0 Å². The highest BCUT2D eigenvalue weighted by Gasteiger charge is 2.07. The number of amides is 1. The van der Waals surface area contributed by atoms with Crippen LogP contribution in [-0.2, 0) is 11.2 Å². The second-order valence-electron chi connectivity index (χ2n) is 5.78. The molecule has 0 bridgehead atoms. The lowest BCUT2D eigenvalue weighted by Crippen LogP contribution is -2.14. The van der Waals surface area contributed by atoms with E-state index in [-0.39, 0.29) is 5.91 Å². The minimum atomic E-state index is -0.0632. The predicted molar refractivity (Wildman–Crippen MR) is 103 cm³/mol. The molecule has 0 unspecified atom stereocenters. The summed E-state index contributed by atoms with van der Waals surface area (Å²) < 4.78 is 2.61. The largest absolute Gasteiger partial charge is 0.326 e. The van der Waals surface area contributed by atoms with Crippen LogP contribution in [0.4, 0.5) is 5.69 Å². The fourth-order valence-electron chi connectivity index (χ4n) is 2.63. The molecule has 0 radical (unpaired) electrons. The number of hydrogen-bond acceptors (Lipinski definition) is 4. The zero-order valence-corrected chi connectivity index (χ0v) is 15.2. The second-order valence-corrected chi connectivity index (χ2v) is 6.70. The average Bonchev–Trinajstić information content (AvgIpc) is 3.11. The van der Waals surface area contributed by atoms with Gasteiger partial charge >= 0.3 is 0 Å². The van der Waals surface area contributed by atoms with Crippen molar-refractivity contribution in [2.45, 2.75) is 6.42 Å². The number of anilines is 1. The van der Waals surface area contributed by atoms with Gasteiger partial charge in [-0.05, 0) is 42.0 Å². The van der Waals surface area contributed by atoms with Gasteiger partial charge in [0.25, 0.3) is 0 Å². The molecule has 0 aliphatic rings. The summed E-state index contributed by atoms with van der Waals surface area (Å²) in [5.74, 6) is -0.0632. The third-order valence-corrected chi connectivity index (χ3v) is 4.41. The summed E-state index contributed by atoms with van der Waals surface area (Å²) in [5, 5.41) is 15.2. The molecule has 6 nitrogen and oxygen atoms in total. The minimum absolute atomic E-state index is 0.0632. The van der Waals surface area contributed by atoms with Crippen molar-refractivity contribution in [2.24, 2.45) is 0 Å². The summed E-state index contributed by atoms with van der Waals surface area (Å²) in [5.41, 5.74) is 4.06. The summed E-state index contributed by atoms with van der Waals surface area (Å²) in [6, 6.07) is 19.0. The molecular weight excluding hydrogens is 394 g/mol. The van der Waals surface area contributed by atoms with Crippen molar-refractivity contribution in [3.63, 3.8) is 0 Å². The van der Waals surface area contributed by atoms with Gasteiger partial charge < -0.3 is 5.32 Å². The van der Waals surface area contributed by atoms with E-state index in [4.69, 9.17) is 0 Å². The van der Waals surface area contributed by atoms with Crippen LogP contribution in [-0.4, -0.2) is 25.7 Å². The van der Waals surface area contributed by atoms with Gasteiger partial charge in [-0.3, -0.25) is 4.79 Å². The zero-order valence-electron chi connectivity index (χ0n) is 13.6. The van der Waals surface area contributed by atoms with Gasteiger partial charge in [0.2, 0.25) is 5.91 Å². The number of carbonyl (C=O) groups excluding carboxylic acids is 1. The Morgan fingerprint density at radius 1 is 1.08 bits per heavy atom. The van der Waals surface area contributed by atoms with Gasteiger partial charge in [-0.15, -0.1) is 10.2 Å². The molecule has 2 aromatic heterocycles. The van der Waals surface area contributed by atoms with Crippen LogP contribution in [0.2, 0.25) is 0 Å². The number of aromatic nitrogens is 4. The number of benzene rings is 2. The van der Waals surface area contributed by atoms with Gasteiger partial charge in [0.1, 0.15) is 6.33 Å². The van der Waals surface area contributed by atoms with Gasteiger partial charge in [0.05, 0.1) is 12.1 Å². The molecule has 4 aromatic rings. The highest BCUT2D eigenvalue weighted by atomic mass is 79.9. The number of rotatable bonds is 4. The quantitative estimate of drug-likeness (QED) is 0.559. The van der Waals surface area contributed by atoms with E-state index in [0.29, 0.717) is 12.1 Å². The van der Waals surface area contributed by atoms with Crippen LogP contribution in [0.25, 0.3) is 16.9 Å². The standard InChI is InChI=1S/C19H14BrN5O/c20-15-6-4-13(5-7-15)10-19(26)22-16-3-1-2-14(11-16)17-8-9-18-23-21-12-25(18)24-17/h1-9,11-12H,10H2,(H,22,26). The van der Waals surface area contributed by atoms with Crippen molar-refractivity contribution in [3.8, 4) is 11.3 Å². The molecule has 1 amide bonds. The van der Waals surface area contributed by atoms with Crippen LogP contribution >= 0.6 is 15.9 Å². The van der Waals surface area contributed by atoms with E-state index in [1.165, 1.54) is 0 Å². The van der Waals surface area contributed by atoms with Gasteiger partial charge in [-0.2, -0.15) is 9.61 Å². The van der Waals surface area contributed by atoms with Crippen LogP contribution < -0.4 is 5.32 Å². The van der Waals surface area contributed by atoms with Crippen molar-refractivity contribution in [1.82, 2.24) is 19.8 Å². The smallest absolute Gasteiger partial charge is 0.228 e. The lowest BCUT2D eigenvalue weighted by atomic mass is 10.1. The molecule has 0 spiro atoms. The number of fused-ring (bicyclic) bond motifs is 1. The second kappa shape index (κ2) is 7.05. The predicted octanol–water partition coefficient (Wildman–Crippen LogP) is 3.74. The molecule has 0 atom stereocenters. The van der Waals surface area contributed by atoms with E-state index < -0.39 is 0 Å². The van der Waals surface area contributed by atoms with Crippen LogP contribution in [0, 0.1) is 0 Å². The Balaban J connectivity index is 1.51. The third kappa shape index (κ3) is 3.62. The van der Waals surface area contributed by atoms with Crippen molar-refractivity contribution in [3.05, 3.63) is 77.0 Å².